The molecule has 7 heteroatoms. The molecule has 0 bridgehead atoms. The monoisotopic (exact) mass is 499 g/mol. The number of ether oxygens (including phenoxy) is 2. The number of nitrogens with zero attached hydrogens (tertiary/aromatic N) is 2. The van der Waals surface area contributed by atoms with Crippen LogP contribution in [0.4, 0.5) is 10.1 Å². The summed E-state index contributed by atoms with van der Waals surface area (Å²) in [5.74, 6) is 0.961. The van der Waals surface area contributed by atoms with Gasteiger partial charge in [-0.1, -0.05) is 30.3 Å². The number of anilines is 1. The molecule has 3 aromatic carbocycles. The van der Waals surface area contributed by atoms with Crippen LogP contribution in [0.2, 0.25) is 0 Å². The van der Waals surface area contributed by atoms with Gasteiger partial charge in [-0.2, -0.15) is 5.10 Å². The lowest BCUT2D eigenvalue weighted by molar-refractivity contribution is -0.111. The number of rotatable bonds is 9. The van der Waals surface area contributed by atoms with E-state index in [1.54, 1.807) is 30.0 Å². The lowest BCUT2D eigenvalue weighted by Crippen LogP contribution is -2.10. The number of hydrogen-bond acceptors (Lipinski definition) is 4. The molecule has 0 radical (unpaired) electrons. The smallest absolute Gasteiger partial charge is 0.248 e. The minimum Gasteiger partial charge on any atom is -0.496 e. The maximum Gasteiger partial charge on any atom is 0.248 e. The molecule has 0 saturated heterocycles. The quantitative estimate of drug-likeness (QED) is 0.277. The van der Waals surface area contributed by atoms with Crippen LogP contribution < -0.4 is 14.8 Å². The first kappa shape index (κ1) is 25.7. The molecule has 0 fully saturated rings. The van der Waals surface area contributed by atoms with E-state index in [1.807, 2.05) is 63.2 Å². The minimum atomic E-state index is -0.278. The standard InChI is InChI=1S/C30H30FN3O3/c1-20-6-5-7-27(16-20)37-19-25-17-23(10-14-28(25)36-4)11-15-29(35)32-30-21(2)33-34(22(30)3)18-24-8-12-26(31)13-9-24/h5-17H,18-19H2,1-4H3,(H,32,35)/b15-11+. The van der Waals surface area contributed by atoms with Crippen molar-refractivity contribution in [3.05, 3.63) is 112 Å². The van der Waals surface area contributed by atoms with Gasteiger partial charge in [-0.15, -0.1) is 0 Å². The van der Waals surface area contributed by atoms with Crippen molar-refractivity contribution in [2.75, 3.05) is 12.4 Å². The van der Waals surface area contributed by atoms with E-state index in [0.29, 0.717) is 30.3 Å². The third-order valence-electron chi connectivity index (χ3n) is 5.99. The lowest BCUT2D eigenvalue weighted by Gasteiger charge is -2.11. The maximum absolute atomic E-state index is 13.2. The average Bonchev–Trinajstić information content (AvgIpc) is 3.14. The van der Waals surface area contributed by atoms with Crippen molar-refractivity contribution < 1.29 is 18.7 Å². The number of nitrogens with one attached hydrogen (secondary N) is 1. The third-order valence-corrected chi connectivity index (χ3v) is 5.99. The highest BCUT2D eigenvalue weighted by molar-refractivity contribution is 6.02. The van der Waals surface area contributed by atoms with Crippen molar-refractivity contribution >= 4 is 17.7 Å². The van der Waals surface area contributed by atoms with Gasteiger partial charge in [0.05, 0.1) is 30.7 Å². The van der Waals surface area contributed by atoms with E-state index < -0.39 is 0 Å². The molecule has 0 aliphatic heterocycles. The average molecular weight is 500 g/mol. The molecule has 6 nitrogen and oxygen atoms in total. The molecule has 1 aromatic heterocycles. The van der Waals surface area contributed by atoms with Gasteiger partial charge in [0.1, 0.15) is 23.9 Å². The van der Waals surface area contributed by atoms with Crippen LogP contribution in [0.15, 0.2) is 72.8 Å². The molecule has 4 aromatic rings. The molecule has 190 valence electrons. The topological polar surface area (TPSA) is 65.4 Å². The molecule has 1 amide bonds. The Bertz CT molecular complexity index is 1420. The Balaban J connectivity index is 1.43. The molecule has 0 saturated carbocycles. The van der Waals surface area contributed by atoms with Gasteiger partial charge >= 0.3 is 0 Å². The second-order valence-corrected chi connectivity index (χ2v) is 8.83. The number of hydrogen-bond donors (Lipinski definition) is 1. The van der Waals surface area contributed by atoms with Crippen molar-refractivity contribution in [2.24, 2.45) is 0 Å². The van der Waals surface area contributed by atoms with Crippen molar-refractivity contribution in [1.82, 2.24) is 9.78 Å². The summed E-state index contributed by atoms with van der Waals surface area (Å²) in [6.45, 7) is 6.58. The largest absolute Gasteiger partial charge is 0.496 e. The predicted octanol–water partition coefficient (Wildman–Crippen LogP) is 6.24. The number of aromatic nitrogens is 2. The van der Waals surface area contributed by atoms with Gasteiger partial charge in [-0.05, 0) is 79.9 Å². The number of carbonyl (C=O) groups is 1. The van der Waals surface area contributed by atoms with Gasteiger partial charge in [0.25, 0.3) is 0 Å². The van der Waals surface area contributed by atoms with E-state index in [-0.39, 0.29) is 11.7 Å². The van der Waals surface area contributed by atoms with Crippen LogP contribution >= 0.6 is 0 Å². The minimum absolute atomic E-state index is 0.263. The molecule has 0 atom stereocenters. The summed E-state index contributed by atoms with van der Waals surface area (Å²) in [6.07, 6.45) is 3.24. The highest BCUT2D eigenvalue weighted by Crippen LogP contribution is 2.24. The Labute approximate surface area is 216 Å². The van der Waals surface area contributed by atoms with Crippen molar-refractivity contribution in [2.45, 2.75) is 33.9 Å². The summed E-state index contributed by atoms with van der Waals surface area (Å²) in [5.41, 5.74) is 5.97. The highest BCUT2D eigenvalue weighted by Gasteiger charge is 2.14. The van der Waals surface area contributed by atoms with Crippen molar-refractivity contribution in [1.29, 1.82) is 0 Å². The van der Waals surface area contributed by atoms with Crippen molar-refractivity contribution in [3.63, 3.8) is 0 Å². The Morgan fingerprint density at radius 1 is 1.05 bits per heavy atom. The summed E-state index contributed by atoms with van der Waals surface area (Å²) >= 11 is 0. The number of halogens is 1. The van der Waals surface area contributed by atoms with E-state index in [9.17, 15) is 9.18 Å². The molecule has 1 heterocycles. The Kier molecular flexibility index (Phi) is 8.03. The Morgan fingerprint density at radius 3 is 2.57 bits per heavy atom. The second-order valence-electron chi connectivity index (χ2n) is 8.83. The summed E-state index contributed by atoms with van der Waals surface area (Å²) in [5, 5.41) is 7.47. The van der Waals surface area contributed by atoms with Crippen LogP contribution in [0.25, 0.3) is 6.08 Å². The van der Waals surface area contributed by atoms with E-state index in [4.69, 9.17) is 9.47 Å². The summed E-state index contributed by atoms with van der Waals surface area (Å²) < 4.78 is 26.4. The maximum atomic E-state index is 13.2. The van der Waals surface area contributed by atoms with Gasteiger partial charge < -0.3 is 14.8 Å². The molecule has 0 unspecified atom stereocenters. The van der Waals surface area contributed by atoms with Crippen LogP contribution in [0.1, 0.15) is 33.6 Å². The van der Waals surface area contributed by atoms with Gasteiger partial charge in [0, 0.05) is 11.6 Å². The zero-order valence-corrected chi connectivity index (χ0v) is 21.4. The fraction of sp³-hybridized carbons (Fsp3) is 0.200. The van der Waals surface area contributed by atoms with Gasteiger partial charge in [-0.3, -0.25) is 9.48 Å². The SMILES string of the molecule is COc1ccc(/C=C/C(=O)Nc2c(C)nn(Cc3ccc(F)cc3)c2C)cc1COc1cccc(C)c1. The van der Waals surface area contributed by atoms with E-state index >= 15 is 0 Å². The first-order valence-electron chi connectivity index (χ1n) is 12.0. The van der Waals surface area contributed by atoms with Crippen LogP contribution in [0.3, 0.4) is 0 Å². The number of amides is 1. The summed E-state index contributed by atoms with van der Waals surface area (Å²) in [7, 11) is 1.62. The number of aryl methyl sites for hydroxylation is 2. The zero-order chi connectivity index (χ0) is 26.4. The highest BCUT2D eigenvalue weighted by atomic mass is 19.1. The fourth-order valence-corrected chi connectivity index (χ4v) is 4.01. The summed E-state index contributed by atoms with van der Waals surface area (Å²) in [6, 6.07) is 19.8. The Morgan fingerprint density at radius 2 is 1.84 bits per heavy atom. The first-order valence-corrected chi connectivity index (χ1v) is 12.0. The predicted molar refractivity (Wildman–Crippen MR) is 143 cm³/mol. The van der Waals surface area contributed by atoms with E-state index in [2.05, 4.69) is 10.4 Å². The number of methoxy groups -OCH3 is 1. The molecular weight excluding hydrogens is 469 g/mol. The van der Waals surface area contributed by atoms with E-state index in [1.165, 1.54) is 18.2 Å². The molecular formula is C30H30FN3O3. The molecule has 4 rings (SSSR count). The molecule has 1 N–H and O–H groups in total. The summed E-state index contributed by atoms with van der Waals surface area (Å²) in [4.78, 5) is 12.7. The lowest BCUT2D eigenvalue weighted by atomic mass is 10.1. The molecule has 0 spiro atoms. The molecule has 0 aliphatic carbocycles. The van der Waals surface area contributed by atoms with Crippen LogP contribution in [-0.4, -0.2) is 22.8 Å². The first-order chi connectivity index (χ1) is 17.8. The van der Waals surface area contributed by atoms with Crippen LogP contribution in [0.5, 0.6) is 11.5 Å². The van der Waals surface area contributed by atoms with E-state index in [0.717, 1.165) is 33.7 Å². The molecule has 0 aliphatic rings. The van der Waals surface area contributed by atoms with Crippen LogP contribution in [-0.2, 0) is 17.9 Å². The van der Waals surface area contributed by atoms with Crippen LogP contribution in [0, 0.1) is 26.6 Å². The normalized spacial score (nSPS) is 11.1. The van der Waals surface area contributed by atoms with Gasteiger partial charge in [0.15, 0.2) is 0 Å². The Hall–Kier alpha value is -4.39. The number of carbonyl (C=O) groups excluding carboxylic acids is 1. The molecule has 37 heavy (non-hydrogen) atoms. The third kappa shape index (κ3) is 6.64. The number of benzene rings is 3. The van der Waals surface area contributed by atoms with Gasteiger partial charge in [0.2, 0.25) is 5.91 Å². The van der Waals surface area contributed by atoms with Crippen molar-refractivity contribution in [3.8, 4) is 11.5 Å². The fourth-order valence-electron chi connectivity index (χ4n) is 4.01. The second kappa shape index (κ2) is 11.6. The van der Waals surface area contributed by atoms with Gasteiger partial charge in [-0.25, -0.2) is 4.39 Å². The zero-order valence-electron chi connectivity index (χ0n) is 21.4.